The van der Waals surface area contributed by atoms with E-state index in [1.54, 1.807) is 0 Å². The normalized spacial score (nSPS) is 12.2. The van der Waals surface area contributed by atoms with Gasteiger partial charge in [-0.25, -0.2) is 0 Å². The Bertz CT molecular complexity index is 1130. The first kappa shape index (κ1) is 64.6. The highest BCUT2D eigenvalue weighted by Crippen LogP contribution is 2.17. The fourth-order valence-corrected chi connectivity index (χ4v) is 8.70. The summed E-state index contributed by atoms with van der Waals surface area (Å²) < 4.78 is 16.8. The molecule has 6 nitrogen and oxygen atoms in total. The van der Waals surface area contributed by atoms with Crippen LogP contribution in [-0.4, -0.2) is 37.2 Å². The molecule has 0 unspecified atom stereocenters. The van der Waals surface area contributed by atoms with Gasteiger partial charge in [0, 0.05) is 19.3 Å². The SMILES string of the molecule is CCCCCCCC/C=C\C/C=C\C/C=C\CCCC(=O)OC[C@H](COC(=O)CCCCCCCCCCCCCCCCCCCCC)OC(=O)CCCCCCCCCCCCCCC. The smallest absolute Gasteiger partial charge is 0.306 e. The molecule has 6 heteroatoms. The van der Waals surface area contributed by atoms with Crippen molar-refractivity contribution in [2.75, 3.05) is 13.2 Å². The molecule has 0 heterocycles. The van der Waals surface area contributed by atoms with Gasteiger partial charge >= 0.3 is 17.9 Å². The molecule has 0 aromatic rings. The molecule has 0 N–H and O–H groups in total. The van der Waals surface area contributed by atoms with Crippen LogP contribution in [0.5, 0.6) is 0 Å². The largest absolute Gasteiger partial charge is 0.462 e. The molecule has 0 aliphatic carbocycles. The van der Waals surface area contributed by atoms with Crippen molar-refractivity contribution in [3.8, 4) is 0 Å². The van der Waals surface area contributed by atoms with Gasteiger partial charge in [0.1, 0.15) is 13.2 Å². The minimum absolute atomic E-state index is 0.0826. The molecule has 0 bridgehead atoms. The lowest BCUT2D eigenvalue weighted by molar-refractivity contribution is -0.167. The zero-order valence-corrected chi connectivity index (χ0v) is 44.9. The molecule has 0 aromatic heterocycles. The van der Waals surface area contributed by atoms with Crippen LogP contribution in [-0.2, 0) is 28.6 Å². The van der Waals surface area contributed by atoms with Crippen molar-refractivity contribution in [3.05, 3.63) is 36.5 Å². The lowest BCUT2D eigenvalue weighted by Gasteiger charge is -2.18. The van der Waals surface area contributed by atoms with Crippen LogP contribution < -0.4 is 0 Å². The second-order valence-corrected chi connectivity index (χ2v) is 19.9. The lowest BCUT2D eigenvalue weighted by atomic mass is 10.0. The van der Waals surface area contributed by atoms with Gasteiger partial charge in [0.05, 0.1) is 0 Å². The zero-order chi connectivity index (χ0) is 48.6. The first-order chi connectivity index (χ1) is 33.0. The molecular formula is C61H112O6. The van der Waals surface area contributed by atoms with Crippen molar-refractivity contribution in [2.24, 2.45) is 0 Å². The first-order valence-corrected chi connectivity index (χ1v) is 29.5. The molecule has 0 aromatic carbocycles. The van der Waals surface area contributed by atoms with Gasteiger partial charge in [-0.2, -0.15) is 0 Å². The Morgan fingerprint density at radius 2 is 0.552 bits per heavy atom. The van der Waals surface area contributed by atoms with E-state index in [2.05, 4.69) is 57.2 Å². The Labute approximate surface area is 416 Å². The van der Waals surface area contributed by atoms with Crippen LogP contribution in [0.4, 0.5) is 0 Å². The molecule has 0 amide bonds. The van der Waals surface area contributed by atoms with E-state index >= 15 is 0 Å². The topological polar surface area (TPSA) is 78.9 Å². The highest BCUT2D eigenvalue weighted by molar-refractivity contribution is 5.71. The third-order valence-corrected chi connectivity index (χ3v) is 13.1. The summed E-state index contributed by atoms with van der Waals surface area (Å²) in [6, 6.07) is 0. The molecule has 0 aliphatic rings. The molecule has 0 spiro atoms. The van der Waals surface area contributed by atoms with Crippen LogP contribution in [0.1, 0.15) is 316 Å². The van der Waals surface area contributed by atoms with Gasteiger partial charge in [0.15, 0.2) is 6.10 Å². The van der Waals surface area contributed by atoms with Crippen LogP contribution in [0.25, 0.3) is 0 Å². The molecule has 0 aliphatic heterocycles. The van der Waals surface area contributed by atoms with Gasteiger partial charge in [0.25, 0.3) is 0 Å². The summed E-state index contributed by atoms with van der Waals surface area (Å²) in [5, 5.41) is 0. The van der Waals surface area contributed by atoms with Gasteiger partial charge in [0.2, 0.25) is 0 Å². The van der Waals surface area contributed by atoms with E-state index in [-0.39, 0.29) is 31.1 Å². The van der Waals surface area contributed by atoms with Crippen LogP contribution in [0.15, 0.2) is 36.5 Å². The predicted octanol–water partition coefficient (Wildman–Crippen LogP) is 19.7. The van der Waals surface area contributed by atoms with Crippen LogP contribution in [0, 0.1) is 0 Å². The Morgan fingerprint density at radius 1 is 0.299 bits per heavy atom. The van der Waals surface area contributed by atoms with Crippen molar-refractivity contribution in [1.82, 2.24) is 0 Å². The Balaban J connectivity index is 4.36. The molecule has 67 heavy (non-hydrogen) atoms. The summed E-state index contributed by atoms with van der Waals surface area (Å²) in [6.07, 6.45) is 67.2. The summed E-state index contributed by atoms with van der Waals surface area (Å²) in [4.78, 5) is 38.1. The molecule has 392 valence electrons. The van der Waals surface area contributed by atoms with Crippen molar-refractivity contribution in [1.29, 1.82) is 0 Å². The number of esters is 3. The average molecular weight is 942 g/mol. The van der Waals surface area contributed by atoms with E-state index in [1.807, 2.05) is 0 Å². The van der Waals surface area contributed by atoms with Crippen molar-refractivity contribution < 1.29 is 28.6 Å². The fourth-order valence-electron chi connectivity index (χ4n) is 8.70. The molecule has 0 saturated carbocycles. The number of hydrogen-bond donors (Lipinski definition) is 0. The number of allylic oxidation sites excluding steroid dienone is 6. The van der Waals surface area contributed by atoms with E-state index in [1.165, 1.54) is 212 Å². The van der Waals surface area contributed by atoms with Crippen LogP contribution in [0.3, 0.4) is 0 Å². The maximum atomic E-state index is 12.8. The summed E-state index contributed by atoms with van der Waals surface area (Å²) in [7, 11) is 0. The van der Waals surface area contributed by atoms with Gasteiger partial charge in [-0.1, -0.05) is 282 Å². The highest BCUT2D eigenvalue weighted by Gasteiger charge is 2.19. The number of carbonyl (C=O) groups excluding carboxylic acids is 3. The standard InChI is InChI=1S/C61H112O6/c1-4-7-10-13-16-19-22-25-27-29-30-32-34-37-39-42-45-48-51-54-60(63)66-57-58(67-61(64)55-52-49-46-43-40-35-24-21-18-15-12-9-6-3)56-65-59(62)53-50-47-44-41-38-36-33-31-28-26-23-20-17-14-11-8-5-2/h26,28,33,36,41,44,58H,4-25,27,29-32,34-35,37-40,42-43,45-57H2,1-3H3/b28-26-,36-33-,44-41-/t58-/m1/s1. The number of rotatable bonds is 54. The third-order valence-electron chi connectivity index (χ3n) is 13.1. The van der Waals surface area contributed by atoms with Crippen LogP contribution >= 0.6 is 0 Å². The van der Waals surface area contributed by atoms with Crippen molar-refractivity contribution >= 4 is 17.9 Å². The predicted molar refractivity (Wildman–Crippen MR) is 289 cm³/mol. The molecular weight excluding hydrogens is 829 g/mol. The molecule has 0 saturated heterocycles. The molecule has 1 atom stereocenters. The van der Waals surface area contributed by atoms with E-state index < -0.39 is 6.10 Å². The van der Waals surface area contributed by atoms with E-state index in [9.17, 15) is 14.4 Å². The van der Waals surface area contributed by atoms with Gasteiger partial charge in [-0.15, -0.1) is 0 Å². The highest BCUT2D eigenvalue weighted by atomic mass is 16.6. The molecule has 0 fully saturated rings. The quantitative estimate of drug-likeness (QED) is 0.0262. The monoisotopic (exact) mass is 941 g/mol. The van der Waals surface area contributed by atoms with Crippen molar-refractivity contribution in [2.45, 2.75) is 322 Å². The maximum Gasteiger partial charge on any atom is 0.306 e. The van der Waals surface area contributed by atoms with E-state index in [0.717, 1.165) is 57.8 Å². The fraction of sp³-hybridized carbons (Fsp3) is 0.852. The van der Waals surface area contributed by atoms with E-state index in [0.29, 0.717) is 25.7 Å². The van der Waals surface area contributed by atoms with Crippen molar-refractivity contribution in [3.63, 3.8) is 0 Å². The third kappa shape index (κ3) is 54.4. The molecule has 0 radical (unpaired) electrons. The summed E-state index contributed by atoms with van der Waals surface area (Å²) in [5.41, 5.74) is 0. The number of ether oxygens (including phenoxy) is 3. The maximum absolute atomic E-state index is 12.8. The van der Waals surface area contributed by atoms with Gasteiger partial charge in [-0.05, 0) is 51.4 Å². The number of carbonyl (C=O) groups is 3. The zero-order valence-electron chi connectivity index (χ0n) is 44.9. The lowest BCUT2D eigenvalue weighted by Crippen LogP contribution is -2.30. The Morgan fingerprint density at radius 3 is 0.896 bits per heavy atom. The first-order valence-electron chi connectivity index (χ1n) is 29.5. The summed E-state index contributed by atoms with van der Waals surface area (Å²) in [6.45, 7) is 6.64. The summed E-state index contributed by atoms with van der Waals surface area (Å²) in [5.74, 6) is -0.918. The number of hydrogen-bond acceptors (Lipinski definition) is 6. The number of unbranched alkanes of at least 4 members (excludes halogenated alkanes) is 37. The van der Waals surface area contributed by atoms with Crippen LogP contribution in [0.2, 0.25) is 0 Å². The van der Waals surface area contributed by atoms with Gasteiger partial charge in [-0.3, -0.25) is 14.4 Å². The summed E-state index contributed by atoms with van der Waals surface area (Å²) >= 11 is 0. The second-order valence-electron chi connectivity index (χ2n) is 19.9. The average Bonchev–Trinajstić information content (AvgIpc) is 3.33. The Hall–Kier alpha value is -2.37. The van der Waals surface area contributed by atoms with Gasteiger partial charge < -0.3 is 14.2 Å². The van der Waals surface area contributed by atoms with E-state index in [4.69, 9.17) is 14.2 Å². The minimum Gasteiger partial charge on any atom is -0.462 e. The second kappa shape index (κ2) is 56.2. The Kier molecular flexibility index (Phi) is 54.2. The minimum atomic E-state index is -0.787. The molecule has 0 rings (SSSR count).